The second kappa shape index (κ2) is 6.21. The number of benzene rings is 2. The predicted molar refractivity (Wildman–Crippen MR) is 93.7 cm³/mol. The quantitative estimate of drug-likeness (QED) is 0.677. The van der Waals surface area contributed by atoms with E-state index < -0.39 is 0 Å². The van der Waals surface area contributed by atoms with Gasteiger partial charge in [-0.3, -0.25) is 4.90 Å². The molecule has 1 saturated heterocycles. The van der Waals surface area contributed by atoms with Gasteiger partial charge in [-0.2, -0.15) is 5.26 Å². The topological polar surface area (TPSA) is 44.9 Å². The van der Waals surface area contributed by atoms with Gasteiger partial charge in [-0.25, -0.2) is 4.98 Å². The highest BCUT2D eigenvalue weighted by Crippen LogP contribution is 2.29. The van der Waals surface area contributed by atoms with Crippen LogP contribution < -0.4 is 0 Å². The molecule has 0 bridgehead atoms. The van der Waals surface area contributed by atoms with Crippen LogP contribution in [0.4, 0.5) is 0 Å². The van der Waals surface area contributed by atoms with E-state index in [2.05, 4.69) is 52.1 Å². The highest BCUT2D eigenvalue weighted by molar-refractivity contribution is 5.71. The number of rotatable bonds is 3. The van der Waals surface area contributed by atoms with Crippen LogP contribution in [0.5, 0.6) is 0 Å². The highest BCUT2D eigenvalue weighted by atomic mass is 15.3. The first kappa shape index (κ1) is 14.5. The second-order valence-electron chi connectivity index (χ2n) is 6.07. The minimum Gasteiger partial charge on any atom is -0.315 e. The Bertz CT molecular complexity index is 876. The van der Waals surface area contributed by atoms with Gasteiger partial charge in [-0.15, -0.1) is 0 Å². The molecule has 0 spiro atoms. The van der Waals surface area contributed by atoms with Crippen LogP contribution in [-0.2, 0) is 0 Å². The fourth-order valence-corrected chi connectivity index (χ4v) is 3.31. The molecule has 0 radical (unpaired) electrons. The molecule has 4 rings (SSSR count). The molecule has 1 aliphatic rings. The van der Waals surface area contributed by atoms with Gasteiger partial charge in [0, 0.05) is 18.3 Å². The van der Waals surface area contributed by atoms with Crippen molar-refractivity contribution in [2.45, 2.75) is 19.0 Å². The molecule has 1 aromatic heterocycles. The van der Waals surface area contributed by atoms with Crippen molar-refractivity contribution in [2.75, 3.05) is 6.54 Å². The molecule has 0 N–H and O–H groups in total. The third-order valence-electron chi connectivity index (χ3n) is 4.56. The van der Waals surface area contributed by atoms with E-state index in [0.29, 0.717) is 0 Å². The van der Waals surface area contributed by atoms with E-state index in [1.54, 1.807) is 0 Å². The van der Waals surface area contributed by atoms with E-state index in [1.165, 1.54) is 11.1 Å². The fraction of sp³-hybridized carbons (Fsp3) is 0.200. The third kappa shape index (κ3) is 2.65. The normalized spacial score (nSPS) is 17.0. The summed E-state index contributed by atoms with van der Waals surface area (Å²) in [5.74, 6) is 0. The smallest absolute Gasteiger partial charge is 0.181 e. The van der Waals surface area contributed by atoms with Crippen LogP contribution in [0, 0.1) is 11.5 Å². The van der Waals surface area contributed by atoms with E-state index in [-0.39, 0.29) is 6.17 Å². The summed E-state index contributed by atoms with van der Waals surface area (Å²) in [4.78, 5) is 6.39. The summed E-state index contributed by atoms with van der Waals surface area (Å²) in [7, 11) is 0. The molecule has 2 aromatic carbocycles. The standard InChI is InChI=1S/C20H18N4/c21-14-23-11-5-10-20(23)24-13-19(22-15-24)18-9-4-8-17(12-18)16-6-2-1-3-7-16/h1-4,6-9,12-13,15,20H,5,10-11H2. The van der Waals surface area contributed by atoms with Crippen molar-refractivity contribution >= 4 is 0 Å². The van der Waals surface area contributed by atoms with Gasteiger partial charge in [-0.1, -0.05) is 48.5 Å². The summed E-state index contributed by atoms with van der Waals surface area (Å²) in [6.45, 7) is 0.832. The number of hydrogen-bond donors (Lipinski definition) is 0. The molecule has 4 nitrogen and oxygen atoms in total. The zero-order chi connectivity index (χ0) is 16.4. The molecule has 0 aliphatic carbocycles. The molecule has 1 fully saturated rings. The number of likely N-dealkylation sites (tertiary alicyclic amines) is 1. The lowest BCUT2D eigenvalue weighted by molar-refractivity contribution is 0.281. The molecule has 1 aliphatic heterocycles. The number of hydrogen-bond acceptors (Lipinski definition) is 3. The lowest BCUT2D eigenvalue weighted by atomic mass is 10.0. The van der Waals surface area contributed by atoms with Crippen molar-refractivity contribution in [2.24, 2.45) is 0 Å². The molecular formula is C20H18N4. The van der Waals surface area contributed by atoms with Crippen LogP contribution in [-0.4, -0.2) is 21.0 Å². The van der Waals surface area contributed by atoms with Gasteiger partial charge in [0.1, 0.15) is 6.17 Å². The average molecular weight is 314 g/mol. The summed E-state index contributed by atoms with van der Waals surface area (Å²) < 4.78 is 2.06. The van der Waals surface area contributed by atoms with Crippen molar-refractivity contribution in [1.29, 1.82) is 5.26 Å². The van der Waals surface area contributed by atoms with Crippen LogP contribution in [0.15, 0.2) is 67.1 Å². The van der Waals surface area contributed by atoms with E-state index >= 15 is 0 Å². The molecule has 4 heteroatoms. The maximum Gasteiger partial charge on any atom is 0.181 e. The summed E-state index contributed by atoms with van der Waals surface area (Å²) in [6, 6.07) is 18.8. The highest BCUT2D eigenvalue weighted by Gasteiger charge is 2.25. The minimum atomic E-state index is 0.105. The lowest BCUT2D eigenvalue weighted by Crippen LogP contribution is -2.21. The number of imidazole rings is 1. The second-order valence-corrected chi connectivity index (χ2v) is 6.07. The Morgan fingerprint density at radius 2 is 1.79 bits per heavy atom. The van der Waals surface area contributed by atoms with Crippen LogP contribution in [0.3, 0.4) is 0 Å². The minimum absolute atomic E-state index is 0.105. The Morgan fingerprint density at radius 1 is 1.00 bits per heavy atom. The van der Waals surface area contributed by atoms with Crippen molar-refractivity contribution < 1.29 is 0 Å². The largest absolute Gasteiger partial charge is 0.315 e. The molecule has 1 unspecified atom stereocenters. The van der Waals surface area contributed by atoms with Crippen molar-refractivity contribution in [3.8, 4) is 28.6 Å². The van der Waals surface area contributed by atoms with Gasteiger partial charge in [0.15, 0.2) is 6.19 Å². The van der Waals surface area contributed by atoms with Gasteiger partial charge in [0.2, 0.25) is 0 Å². The average Bonchev–Trinajstić information content (AvgIpc) is 3.31. The molecule has 3 aromatic rings. The van der Waals surface area contributed by atoms with Crippen molar-refractivity contribution in [3.63, 3.8) is 0 Å². The van der Waals surface area contributed by atoms with Crippen molar-refractivity contribution in [1.82, 2.24) is 14.5 Å². The van der Waals surface area contributed by atoms with Gasteiger partial charge >= 0.3 is 0 Å². The molecular weight excluding hydrogens is 296 g/mol. The van der Waals surface area contributed by atoms with Crippen molar-refractivity contribution in [3.05, 3.63) is 67.1 Å². The molecule has 1 atom stereocenters. The number of nitrogens with zero attached hydrogens (tertiary/aromatic N) is 4. The first-order valence-electron chi connectivity index (χ1n) is 8.21. The molecule has 0 saturated carbocycles. The predicted octanol–water partition coefficient (Wildman–Crippen LogP) is 4.29. The van der Waals surface area contributed by atoms with E-state index in [9.17, 15) is 5.26 Å². The Balaban J connectivity index is 1.65. The number of nitriles is 1. The van der Waals surface area contributed by atoms with E-state index in [4.69, 9.17) is 0 Å². The first-order valence-corrected chi connectivity index (χ1v) is 8.21. The zero-order valence-corrected chi connectivity index (χ0v) is 13.3. The van der Waals surface area contributed by atoms with Gasteiger partial charge in [0.25, 0.3) is 0 Å². The first-order chi connectivity index (χ1) is 11.8. The number of aromatic nitrogens is 2. The zero-order valence-electron chi connectivity index (χ0n) is 13.3. The fourth-order valence-electron chi connectivity index (χ4n) is 3.31. The molecule has 24 heavy (non-hydrogen) atoms. The van der Waals surface area contributed by atoms with Gasteiger partial charge < -0.3 is 4.57 Å². The monoisotopic (exact) mass is 314 g/mol. The summed E-state index contributed by atoms with van der Waals surface area (Å²) in [6.07, 6.45) is 8.31. The SMILES string of the molecule is N#CN1CCCC1n1cnc(-c2cccc(-c3ccccc3)c2)c1. The Labute approximate surface area is 141 Å². The van der Waals surface area contributed by atoms with Gasteiger partial charge in [0.05, 0.1) is 12.0 Å². The summed E-state index contributed by atoms with van der Waals surface area (Å²) >= 11 is 0. The molecule has 118 valence electrons. The molecule has 2 heterocycles. The van der Waals surface area contributed by atoms with E-state index in [1.807, 2.05) is 35.6 Å². The van der Waals surface area contributed by atoms with Crippen LogP contribution >= 0.6 is 0 Å². The Hall–Kier alpha value is -3.06. The Morgan fingerprint density at radius 3 is 2.62 bits per heavy atom. The van der Waals surface area contributed by atoms with Gasteiger partial charge in [-0.05, 0) is 30.0 Å². The lowest BCUT2D eigenvalue weighted by Gasteiger charge is -2.19. The maximum atomic E-state index is 9.23. The molecule has 0 amide bonds. The maximum absolute atomic E-state index is 9.23. The van der Waals surface area contributed by atoms with Crippen LogP contribution in [0.25, 0.3) is 22.4 Å². The van der Waals surface area contributed by atoms with E-state index in [0.717, 1.165) is 30.6 Å². The summed E-state index contributed by atoms with van der Waals surface area (Å²) in [5.41, 5.74) is 4.42. The van der Waals surface area contributed by atoms with Crippen LogP contribution in [0.2, 0.25) is 0 Å². The Kier molecular flexibility index (Phi) is 3.76. The van der Waals surface area contributed by atoms with Crippen LogP contribution in [0.1, 0.15) is 19.0 Å². The third-order valence-corrected chi connectivity index (χ3v) is 4.56. The summed E-state index contributed by atoms with van der Waals surface area (Å²) in [5, 5.41) is 9.23.